The summed E-state index contributed by atoms with van der Waals surface area (Å²) in [5.41, 5.74) is 0.523. The fourth-order valence-corrected chi connectivity index (χ4v) is 4.17. The van der Waals surface area contributed by atoms with E-state index in [9.17, 15) is 9.59 Å². The van der Waals surface area contributed by atoms with Gasteiger partial charge in [-0.25, -0.2) is 4.79 Å². The number of halogens is 1. The number of carbonyl (C=O) groups excluding carboxylic acids is 2. The molecule has 148 valence electrons. The number of amides is 1. The van der Waals surface area contributed by atoms with E-state index in [-0.39, 0.29) is 6.79 Å². The van der Waals surface area contributed by atoms with Gasteiger partial charge in [-0.3, -0.25) is 4.79 Å². The molecule has 1 N–H and O–H groups in total. The minimum Gasteiger partial charge on any atom is -0.454 e. The van der Waals surface area contributed by atoms with Crippen LogP contribution >= 0.6 is 22.9 Å². The number of carbonyl (C=O) groups is 2. The lowest BCUT2D eigenvalue weighted by Crippen LogP contribution is -2.29. The lowest BCUT2D eigenvalue weighted by atomic mass is 10.2. The standard InChI is InChI=1S/C21H16ClNO5S/c1-12(21(25)23-13-6-7-15-16(10-13)27-11-26-15)28-19(24)9-8-18-20(22)14-4-2-3-5-17(14)29-18/h2-10,12H,11H2,1H3,(H,23,25)/b9-8+. The molecule has 0 spiro atoms. The molecule has 4 rings (SSSR count). The van der Waals surface area contributed by atoms with Gasteiger partial charge in [0.2, 0.25) is 6.79 Å². The van der Waals surface area contributed by atoms with Crippen LogP contribution in [-0.4, -0.2) is 24.8 Å². The average Bonchev–Trinajstić information content (AvgIpc) is 3.30. The van der Waals surface area contributed by atoms with Crippen LogP contribution in [0.1, 0.15) is 11.8 Å². The Bertz CT molecular complexity index is 1120. The maximum absolute atomic E-state index is 12.3. The predicted molar refractivity (Wildman–Crippen MR) is 113 cm³/mol. The Morgan fingerprint density at radius 1 is 1.21 bits per heavy atom. The van der Waals surface area contributed by atoms with Crippen LogP contribution in [0, 0.1) is 0 Å². The molecular formula is C21H16ClNO5S. The molecule has 1 unspecified atom stereocenters. The Morgan fingerprint density at radius 3 is 2.83 bits per heavy atom. The highest BCUT2D eigenvalue weighted by Gasteiger charge is 2.19. The maximum atomic E-state index is 12.3. The van der Waals surface area contributed by atoms with E-state index in [2.05, 4.69) is 5.32 Å². The molecule has 0 saturated carbocycles. The fraction of sp³-hybridized carbons (Fsp3) is 0.143. The molecule has 1 amide bonds. The second-order valence-corrected chi connectivity index (χ2v) is 7.71. The lowest BCUT2D eigenvalue weighted by molar-refractivity contribution is -0.148. The number of fused-ring (bicyclic) bond motifs is 2. The first-order valence-corrected chi connectivity index (χ1v) is 9.97. The number of benzene rings is 2. The van der Waals surface area contributed by atoms with Crippen LogP contribution in [0.5, 0.6) is 11.5 Å². The number of rotatable bonds is 5. The molecule has 6 nitrogen and oxygen atoms in total. The Balaban J connectivity index is 1.36. The first kappa shape index (κ1) is 19.3. The van der Waals surface area contributed by atoms with Gasteiger partial charge < -0.3 is 19.5 Å². The number of anilines is 1. The van der Waals surface area contributed by atoms with Crippen molar-refractivity contribution in [3.05, 3.63) is 58.4 Å². The van der Waals surface area contributed by atoms with Crippen molar-refractivity contribution >= 4 is 56.7 Å². The summed E-state index contributed by atoms with van der Waals surface area (Å²) < 4.78 is 16.7. The minimum absolute atomic E-state index is 0.150. The van der Waals surface area contributed by atoms with Gasteiger partial charge in [0.05, 0.1) is 5.02 Å². The first-order valence-electron chi connectivity index (χ1n) is 8.77. The van der Waals surface area contributed by atoms with E-state index >= 15 is 0 Å². The molecule has 0 aliphatic carbocycles. The summed E-state index contributed by atoms with van der Waals surface area (Å²) in [6.45, 7) is 1.65. The van der Waals surface area contributed by atoms with Crippen LogP contribution in [0.25, 0.3) is 16.2 Å². The van der Waals surface area contributed by atoms with Gasteiger partial charge in [0.1, 0.15) is 0 Å². The van der Waals surface area contributed by atoms with Gasteiger partial charge in [0.15, 0.2) is 17.6 Å². The van der Waals surface area contributed by atoms with E-state index in [0.717, 1.165) is 15.0 Å². The number of hydrogen-bond donors (Lipinski definition) is 1. The third-order valence-corrected chi connectivity index (χ3v) is 5.89. The number of hydrogen-bond acceptors (Lipinski definition) is 6. The largest absolute Gasteiger partial charge is 0.454 e. The highest BCUT2D eigenvalue weighted by atomic mass is 35.5. The summed E-state index contributed by atoms with van der Waals surface area (Å²) >= 11 is 7.83. The SMILES string of the molecule is CC(OC(=O)/C=C/c1sc2ccccc2c1Cl)C(=O)Nc1ccc2c(c1)OCO2. The molecule has 1 atom stereocenters. The molecule has 29 heavy (non-hydrogen) atoms. The molecule has 0 radical (unpaired) electrons. The smallest absolute Gasteiger partial charge is 0.331 e. The first-order chi connectivity index (χ1) is 14.0. The van der Waals surface area contributed by atoms with E-state index in [1.165, 1.54) is 24.3 Å². The van der Waals surface area contributed by atoms with Crippen LogP contribution in [0.4, 0.5) is 5.69 Å². The zero-order valence-electron chi connectivity index (χ0n) is 15.3. The van der Waals surface area contributed by atoms with E-state index in [0.29, 0.717) is 22.2 Å². The van der Waals surface area contributed by atoms with E-state index in [4.69, 9.17) is 25.8 Å². The van der Waals surface area contributed by atoms with Gasteiger partial charge in [0.25, 0.3) is 5.91 Å². The molecular weight excluding hydrogens is 414 g/mol. The Hall–Kier alpha value is -3.03. The van der Waals surface area contributed by atoms with Crippen LogP contribution in [0.2, 0.25) is 5.02 Å². The van der Waals surface area contributed by atoms with Crippen LogP contribution in [0.3, 0.4) is 0 Å². The van der Waals surface area contributed by atoms with Crippen molar-refractivity contribution < 1.29 is 23.8 Å². The van der Waals surface area contributed by atoms with Gasteiger partial charge >= 0.3 is 5.97 Å². The Labute approximate surface area is 175 Å². The summed E-state index contributed by atoms with van der Waals surface area (Å²) in [4.78, 5) is 25.1. The predicted octanol–water partition coefficient (Wildman–Crippen LogP) is 4.87. The van der Waals surface area contributed by atoms with Crippen LogP contribution in [0.15, 0.2) is 48.5 Å². The van der Waals surface area contributed by atoms with Crippen molar-refractivity contribution in [3.8, 4) is 11.5 Å². The molecule has 1 aromatic heterocycles. The van der Waals surface area contributed by atoms with E-state index < -0.39 is 18.0 Å². The third-order valence-electron chi connectivity index (χ3n) is 4.23. The lowest BCUT2D eigenvalue weighted by Gasteiger charge is -2.12. The van der Waals surface area contributed by atoms with E-state index in [1.807, 2.05) is 24.3 Å². The molecule has 1 aliphatic heterocycles. The molecule has 1 aliphatic rings. The third kappa shape index (κ3) is 4.21. The van der Waals surface area contributed by atoms with E-state index in [1.54, 1.807) is 24.3 Å². The molecule has 0 bridgehead atoms. The van der Waals surface area contributed by atoms with Gasteiger partial charge in [0, 0.05) is 32.8 Å². The van der Waals surface area contributed by atoms with Crippen molar-refractivity contribution in [2.75, 3.05) is 12.1 Å². The molecule has 3 aromatic rings. The van der Waals surface area contributed by atoms with Crippen LogP contribution in [-0.2, 0) is 14.3 Å². The van der Waals surface area contributed by atoms with Crippen molar-refractivity contribution in [3.63, 3.8) is 0 Å². The topological polar surface area (TPSA) is 73.9 Å². The number of thiophene rings is 1. The Morgan fingerprint density at radius 2 is 2.00 bits per heavy atom. The zero-order valence-corrected chi connectivity index (χ0v) is 16.9. The number of nitrogens with one attached hydrogen (secondary N) is 1. The summed E-state index contributed by atoms with van der Waals surface area (Å²) in [6.07, 6.45) is 1.88. The quantitative estimate of drug-likeness (QED) is 0.462. The fourth-order valence-electron chi connectivity index (χ4n) is 2.77. The molecule has 0 fully saturated rings. The second-order valence-electron chi connectivity index (χ2n) is 6.25. The van der Waals surface area contributed by atoms with Crippen molar-refractivity contribution in [2.45, 2.75) is 13.0 Å². The molecule has 0 saturated heterocycles. The molecule has 8 heteroatoms. The summed E-state index contributed by atoms with van der Waals surface area (Å²) in [6, 6.07) is 12.8. The Kier molecular flexibility index (Phi) is 5.42. The van der Waals surface area contributed by atoms with Gasteiger partial charge in [-0.1, -0.05) is 29.8 Å². The van der Waals surface area contributed by atoms with Gasteiger partial charge in [-0.05, 0) is 31.2 Å². The van der Waals surface area contributed by atoms with Gasteiger partial charge in [-0.2, -0.15) is 0 Å². The summed E-state index contributed by atoms with van der Waals surface area (Å²) in [7, 11) is 0. The average molecular weight is 430 g/mol. The van der Waals surface area contributed by atoms with Crippen molar-refractivity contribution in [1.29, 1.82) is 0 Å². The maximum Gasteiger partial charge on any atom is 0.331 e. The summed E-state index contributed by atoms with van der Waals surface area (Å²) in [5, 5.41) is 4.20. The monoisotopic (exact) mass is 429 g/mol. The second kappa shape index (κ2) is 8.14. The van der Waals surface area contributed by atoms with Crippen LogP contribution < -0.4 is 14.8 Å². The van der Waals surface area contributed by atoms with Gasteiger partial charge in [-0.15, -0.1) is 11.3 Å². The zero-order chi connectivity index (χ0) is 20.4. The highest BCUT2D eigenvalue weighted by molar-refractivity contribution is 7.20. The summed E-state index contributed by atoms with van der Waals surface area (Å²) in [5.74, 6) is 0.0838. The van der Waals surface area contributed by atoms with Crippen molar-refractivity contribution in [2.24, 2.45) is 0 Å². The van der Waals surface area contributed by atoms with Crippen molar-refractivity contribution in [1.82, 2.24) is 0 Å². The number of esters is 1. The number of ether oxygens (including phenoxy) is 3. The molecule has 2 aromatic carbocycles. The minimum atomic E-state index is -0.976. The molecule has 2 heterocycles. The highest BCUT2D eigenvalue weighted by Crippen LogP contribution is 2.36. The normalized spacial score (nSPS) is 13.6.